The summed E-state index contributed by atoms with van der Waals surface area (Å²) in [4.78, 5) is 11.0. The minimum atomic E-state index is -4.90. The van der Waals surface area contributed by atoms with Crippen molar-refractivity contribution >= 4 is 17.6 Å². The molecule has 2 rings (SSSR count). The summed E-state index contributed by atoms with van der Waals surface area (Å²) in [6.07, 6.45) is -4.90. The molecule has 8 heteroatoms. The lowest BCUT2D eigenvalue weighted by atomic mass is 10.2. The Morgan fingerprint density at radius 3 is 2.25 bits per heavy atom. The minimum Gasteiger partial charge on any atom is -0.478 e. The van der Waals surface area contributed by atoms with Gasteiger partial charge in [0.15, 0.2) is 5.69 Å². The minimum absolute atomic E-state index is 0.249. The SMILES string of the molecule is Cc1ccc(-n2nc(C(F)(F)F)c(C(=O)O)c2Cl)cc1. The Bertz CT molecular complexity index is 663. The van der Waals surface area contributed by atoms with Crippen LogP contribution in [0, 0.1) is 6.92 Å². The maximum Gasteiger partial charge on any atom is 0.436 e. The fraction of sp³-hybridized carbons (Fsp3) is 0.167. The van der Waals surface area contributed by atoms with Crippen molar-refractivity contribution in [1.29, 1.82) is 0 Å². The van der Waals surface area contributed by atoms with Crippen LogP contribution in [0.15, 0.2) is 24.3 Å². The summed E-state index contributed by atoms with van der Waals surface area (Å²) in [6.45, 7) is 1.80. The van der Waals surface area contributed by atoms with E-state index < -0.39 is 28.6 Å². The largest absolute Gasteiger partial charge is 0.478 e. The molecule has 0 aliphatic heterocycles. The Hall–Kier alpha value is -2.02. The van der Waals surface area contributed by atoms with Gasteiger partial charge in [0.1, 0.15) is 10.7 Å². The lowest BCUT2D eigenvalue weighted by Gasteiger charge is -2.03. The van der Waals surface area contributed by atoms with Gasteiger partial charge in [-0.1, -0.05) is 29.3 Å². The standard InChI is InChI=1S/C12H8ClF3N2O2/c1-6-2-4-7(5-3-6)18-10(13)8(11(19)20)9(17-18)12(14,15)16/h2-5H,1H3,(H,19,20). The van der Waals surface area contributed by atoms with Gasteiger partial charge >= 0.3 is 12.1 Å². The van der Waals surface area contributed by atoms with Crippen LogP contribution in [-0.2, 0) is 6.18 Å². The van der Waals surface area contributed by atoms with Crippen LogP contribution in [-0.4, -0.2) is 20.9 Å². The number of carbonyl (C=O) groups is 1. The van der Waals surface area contributed by atoms with Crippen molar-refractivity contribution in [2.75, 3.05) is 0 Å². The molecule has 0 atom stereocenters. The first-order valence-electron chi connectivity index (χ1n) is 5.38. The predicted molar refractivity (Wildman–Crippen MR) is 65.3 cm³/mol. The Morgan fingerprint density at radius 2 is 1.85 bits per heavy atom. The van der Waals surface area contributed by atoms with Gasteiger partial charge in [-0.05, 0) is 19.1 Å². The molecular formula is C12H8ClF3N2O2. The number of alkyl halides is 3. The Morgan fingerprint density at radius 1 is 1.30 bits per heavy atom. The molecule has 0 spiro atoms. The number of aryl methyl sites for hydroxylation is 1. The monoisotopic (exact) mass is 304 g/mol. The zero-order chi connectivity index (χ0) is 15.1. The Labute approximate surface area is 116 Å². The van der Waals surface area contributed by atoms with E-state index in [0.29, 0.717) is 0 Å². The summed E-state index contributed by atoms with van der Waals surface area (Å²) < 4.78 is 39.1. The van der Waals surface area contributed by atoms with Gasteiger partial charge in [-0.3, -0.25) is 0 Å². The zero-order valence-corrected chi connectivity index (χ0v) is 10.8. The summed E-state index contributed by atoms with van der Waals surface area (Å²) in [7, 11) is 0. The highest BCUT2D eigenvalue weighted by Crippen LogP contribution is 2.35. The van der Waals surface area contributed by atoms with Gasteiger partial charge in [0.2, 0.25) is 0 Å². The topological polar surface area (TPSA) is 55.1 Å². The molecule has 106 valence electrons. The zero-order valence-electron chi connectivity index (χ0n) is 10.1. The predicted octanol–water partition coefficient (Wildman–Crippen LogP) is 3.55. The molecule has 1 N–H and O–H groups in total. The highest BCUT2D eigenvalue weighted by Gasteiger charge is 2.41. The van der Waals surface area contributed by atoms with E-state index in [1.807, 2.05) is 0 Å². The lowest BCUT2D eigenvalue weighted by molar-refractivity contribution is -0.141. The first kappa shape index (κ1) is 14.4. The third kappa shape index (κ3) is 2.49. The second kappa shape index (κ2) is 4.82. The van der Waals surface area contributed by atoms with Crippen molar-refractivity contribution in [2.24, 2.45) is 0 Å². The number of halogens is 4. The molecule has 0 aliphatic carbocycles. The number of carboxylic acids is 1. The number of hydrogen-bond acceptors (Lipinski definition) is 2. The van der Waals surface area contributed by atoms with Crippen molar-refractivity contribution in [3.63, 3.8) is 0 Å². The molecule has 0 saturated carbocycles. The number of aromatic carboxylic acids is 1. The summed E-state index contributed by atoms with van der Waals surface area (Å²) in [5.41, 5.74) is -1.43. The second-order valence-electron chi connectivity index (χ2n) is 4.06. The Kier molecular flexibility index (Phi) is 3.47. The number of nitrogens with zero attached hydrogens (tertiary/aromatic N) is 2. The molecule has 0 bridgehead atoms. The van der Waals surface area contributed by atoms with Crippen molar-refractivity contribution in [3.05, 3.63) is 46.2 Å². The number of aromatic nitrogens is 2. The van der Waals surface area contributed by atoms with Gasteiger partial charge < -0.3 is 5.11 Å². The van der Waals surface area contributed by atoms with Crippen molar-refractivity contribution in [1.82, 2.24) is 9.78 Å². The molecule has 0 amide bonds. The van der Waals surface area contributed by atoms with Crippen LogP contribution < -0.4 is 0 Å². The van der Waals surface area contributed by atoms with Crippen LogP contribution in [0.3, 0.4) is 0 Å². The molecule has 1 heterocycles. The van der Waals surface area contributed by atoms with Crippen LogP contribution in [0.4, 0.5) is 13.2 Å². The summed E-state index contributed by atoms with van der Waals surface area (Å²) in [5.74, 6) is -1.78. The number of carboxylic acid groups (broad SMARTS) is 1. The van der Waals surface area contributed by atoms with E-state index in [0.717, 1.165) is 10.2 Å². The van der Waals surface area contributed by atoms with Crippen LogP contribution in [0.5, 0.6) is 0 Å². The molecule has 0 unspecified atom stereocenters. The molecule has 2 aromatic rings. The van der Waals surface area contributed by atoms with Crippen LogP contribution in [0.25, 0.3) is 5.69 Å². The van der Waals surface area contributed by atoms with E-state index in [2.05, 4.69) is 5.10 Å². The van der Waals surface area contributed by atoms with E-state index in [1.54, 1.807) is 19.1 Å². The van der Waals surface area contributed by atoms with Gasteiger partial charge in [-0.15, -0.1) is 0 Å². The van der Waals surface area contributed by atoms with E-state index in [-0.39, 0.29) is 5.69 Å². The third-order valence-corrected chi connectivity index (χ3v) is 2.94. The average molecular weight is 305 g/mol. The molecule has 0 fully saturated rings. The summed E-state index contributed by atoms with van der Waals surface area (Å²) in [6, 6.07) is 6.31. The number of benzene rings is 1. The molecule has 20 heavy (non-hydrogen) atoms. The maximum atomic E-state index is 12.8. The first-order valence-corrected chi connectivity index (χ1v) is 5.75. The highest BCUT2D eigenvalue weighted by molar-refractivity contribution is 6.33. The van der Waals surface area contributed by atoms with Crippen molar-refractivity contribution in [3.8, 4) is 5.69 Å². The normalized spacial score (nSPS) is 11.7. The van der Waals surface area contributed by atoms with Crippen molar-refractivity contribution in [2.45, 2.75) is 13.1 Å². The summed E-state index contributed by atoms with van der Waals surface area (Å²) in [5, 5.41) is 11.6. The van der Waals surface area contributed by atoms with Crippen LogP contribution in [0.1, 0.15) is 21.6 Å². The van der Waals surface area contributed by atoms with E-state index in [4.69, 9.17) is 16.7 Å². The molecule has 0 radical (unpaired) electrons. The van der Waals surface area contributed by atoms with Gasteiger partial charge in [-0.2, -0.15) is 18.3 Å². The fourth-order valence-corrected chi connectivity index (χ4v) is 1.95. The van der Waals surface area contributed by atoms with Gasteiger partial charge in [0, 0.05) is 0 Å². The summed E-state index contributed by atoms with van der Waals surface area (Å²) >= 11 is 5.72. The molecule has 4 nitrogen and oxygen atoms in total. The lowest BCUT2D eigenvalue weighted by Crippen LogP contribution is -2.12. The van der Waals surface area contributed by atoms with E-state index in [1.165, 1.54) is 12.1 Å². The van der Waals surface area contributed by atoms with Gasteiger partial charge in [0.05, 0.1) is 5.69 Å². The third-order valence-electron chi connectivity index (χ3n) is 2.59. The average Bonchev–Trinajstić information content (AvgIpc) is 2.68. The Balaban J connectivity index is 2.67. The first-order chi connectivity index (χ1) is 9.21. The second-order valence-corrected chi connectivity index (χ2v) is 4.42. The van der Waals surface area contributed by atoms with Crippen LogP contribution >= 0.6 is 11.6 Å². The molecular weight excluding hydrogens is 297 g/mol. The highest BCUT2D eigenvalue weighted by atomic mass is 35.5. The molecule has 1 aromatic heterocycles. The maximum absolute atomic E-state index is 12.8. The van der Waals surface area contributed by atoms with E-state index in [9.17, 15) is 18.0 Å². The van der Waals surface area contributed by atoms with Crippen molar-refractivity contribution < 1.29 is 23.1 Å². The fourth-order valence-electron chi connectivity index (χ4n) is 1.64. The van der Waals surface area contributed by atoms with Crippen LogP contribution in [0.2, 0.25) is 5.15 Å². The number of rotatable bonds is 2. The van der Waals surface area contributed by atoms with Gasteiger partial charge in [0.25, 0.3) is 0 Å². The van der Waals surface area contributed by atoms with E-state index >= 15 is 0 Å². The molecule has 0 saturated heterocycles. The van der Waals surface area contributed by atoms with Gasteiger partial charge in [-0.25, -0.2) is 9.48 Å². The molecule has 0 aliphatic rings. The quantitative estimate of drug-likeness (QED) is 0.923. The number of hydrogen-bond donors (Lipinski definition) is 1. The molecule has 1 aromatic carbocycles. The smallest absolute Gasteiger partial charge is 0.436 e.